The molecule has 0 amide bonds. The largest absolute Gasteiger partial charge is 1.00 e. The van der Waals surface area contributed by atoms with Crippen LogP contribution in [0.15, 0.2) is 24.3 Å². The number of hydrogen-bond acceptors (Lipinski definition) is 3. The first-order valence-electron chi connectivity index (χ1n) is 3.52. The third-order valence-corrected chi connectivity index (χ3v) is 5.06. The Hall–Kier alpha value is -0.491. The van der Waals surface area contributed by atoms with Crippen LogP contribution in [-0.4, -0.2) is 33.7 Å². The van der Waals surface area contributed by atoms with Crippen molar-refractivity contribution in [1.29, 1.82) is 5.26 Å². The van der Waals surface area contributed by atoms with Crippen LogP contribution in [0.2, 0.25) is 0 Å². The summed E-state index contributed by atoms with van der Waals surface area (Å²) >= 11 is 0.677. The van der Waals surface area contributed by atoms with Gasteiger partial charge < -0.3 is 12.4 Å². The minimum atomic E-state index is 0. The van der Waals surface area contributed by atoms with Crippen molar-refractivity contribution in [2.45, 2.75) is 0 Å². The predicted molar refractivity (Wildman–Crippen MR) is 50.5 cm³/mol. The van der Waals surface area contributed by atoms with Gasteiger partial charge in [-0.25, -0.2) is 0 Å². The molecule has 0 aliphatic heterocycles. The van der Waals surface area contributed by atoms with Crippen LogP contribution in [0.5, 0.6) is 0 Å². The van der Waals surface area contributed by atoms with E-state index in [2.05, 4.69) is 14.0 Å². The minimum absolute atomic E-state index is 0. The summed E-state index contributed by atoms with van der Waals surface area (Å²) in [5.74, 6) is 0.831. The molecule has 0 aliphatic carbocycles. The van der Waals surface area contributed by atoms with Gasteiger partial charge in [0.15, 0.2) is 0 Å². The average molecular weight is 336 g/mol. The van der Waals surface area contributed by atoms with E-state index >= 15 is 0 Å². The topological polar surface area (TPSA) is 49.6 Å². The van der Waals surface area contributed by atoms with E-state index in [0.717, 1.165) is 11.4 Å². The van der Waals surface area contributed by atoms with Crippen LogP contribution in [0, 0.1) is 11.3 Å². The molecule has 0 radical (unpaired) electrons. The molecule has 0 fully saturated rings. The summed E-state index contributed by atoms with van der Waals surface area (Å²) < 4.78 is 8.62. The molecule has 0 saturated heterocycles. The number of rotatable bonds is 1. The molecule has 0 N–H and O–H groups in total. The summed E-state index contributed by atoms with van der Waals surface area (Å²) in [6.45, 7) is 0. The van der Waals surface area contributed by atoms with Gasteiger partial charge in [0.25, 0.3) is 0 Å². The fraction of sp³-hybridized carbons (Fsp3) is 0. The van der Waals surface area contributed by atoms with E-state index in [1.807, 2.05) is 18.2 Å². The first kappa shape index (κ1) is 11.6. The molecule has 1 aromatic heterocycles. The Bertz CT molecular complexity index is 450. The van der Waals surface area contributed by atoms with E-state index in [0.29, 0.717) is 31.3 Å². The number of aromatic nitrogens is 2. The summed E-state index contributed by atoms with van der Waals surface area (Å²) in [5.41, 5.74) is 1.64. The summed E-state index contributed by atoms with van der Waals surface area (Å²) in [4.78, 5) is 0. The van der Waals surface area contributed by atoms with Crippen molar-refractivity contribution in [3.05, 3.63) is 29.8 Å². The van der Waals surface area contributed by atoms with Gasteiger partial charge in [0, 0.05) is 0 Å². The molecule has 0 spiro atoms. The molecule has 0 saturated carbocycles. The number of halogens is 1. The first-order valence-corrected chi connectivity index (χ1v) is 9.39. The quantitative estimate of drug-likeness (QED) is 0.538. The van der Waals surface area contributed by atoms with E-state index in [-0.39, 0.29) is 12.4 Å². The summed E-state index contributed by atoms with van der Waals surface area (Å²) in [7, 11) is 0. The SMILES string of the molecule is N#Cc1cccc(-c2n[se][se+]n2)c1.[Cl-]. The number of nitrogens with zero attached hydrogens (tertiary/aromatic N) is 3. The Morgan fingerprint density at radius 2 is 2.29 bits per heavy atom. The van der Waals surface area contributed by atoms with Crippen molar-refractivity contribution in [2.75, 3.05) is 0 Å². The van der Waals surface area contributed by atoms with Gasteiger partial charge >= 0.3 is 86.2 Å². The fourth-order valence-electron chi connectivity index (χ4n) is 0.954. The van der Waals surface area contributed by atoms with Crippen LogP contribution in [0.25, 0.3) is 11.4 Å². The van der Waals surface area contributed by atoms with Crippen molar-refractivity contribution < 1.29 is 12.4 Å². The maximum absolute atomic E-state index is 8.69. The molecule has 2 rings (SSSR count). The zero-order valence-corrected chi connectivity index (χ0v) is 11.0. The van der Waals surface area contributed by atoms with Gasteiger partial charge in [-0.15, -0.1) is 0 Å². The number of benzene rings is 1. The molecule has 0 unspecified atom stereocenters. The first-order chi connectivity index (χ1) is 6.40. The van der Waals surface area contributed by atoms with Gasteiger partial charge in [-0.05, 0) is 0 Å². The molecule has 2 aromatic rings. The van der Waals surface area contributed by atoms with E-state index in [4.69, 9.17) is 5.26 Å². The predicted octanol–water partition coefficient (Wildman–Crippen LogP) is -2.59. The normalized spacial score (nSPS) is 8.79. The standard InChI is InChI=1S/C8H4N3Se2.ClH/c9-5-6-2-1-3-7(4-6)8-10-12-13-11-8;/h1-4H;1H/q+1;/p-1. The van der Waals surface area contributed by atoms with E-state index in [9.17, 15) is 0 Å². The average Bonchev–Trinajstić information content (AvgIpc) is 2.71. The molecule has 0 aliphatic rings. The third kappa shape index (κ3) is 2.51. The monoisotopic (exact) mass is 337 g/mol. The molecule has 6 heteroatoms. The van der Waals surface area contributed by atoms with E-state index in [1.54, 1.807) is 6.07 Å². The summed E-state index contributed by atoms with van der Waals surface area (Å²) in [6, 6.07) is 9.53. The van der Waals surface area contributed by atoms with Gasteiger partial charge in [0.1, 0.15) is 0 Å². The third-order valence-electron chi connectivity index (χ3n) is 1.53. The van der Waals surface area contributed by atoms with Crippen molar-refractivity contribution in [3.8, 4) is 17.5 Å². The maximum atomic E-state index is 8.69. The van der Waals surface area contributed by atoms with Crippen molar-refractivity contribution in [2.24, 2.45) is 0 Å². The second kappa shape index (κ2) is 5.40. The van der Waals surface area contributed by atoms with Crippen LogP contribution >= 0.6 is 0 Å². The molecule has 1 aromatic carbocycles. The Kier molecular flexibility index (Phi) is 4.47. The molecule has 70 valence electrons. The Morgan fingerprint density at radius 3 is 2.93 bits per heavy atom. The van der Waals surface area contributed by atoms with Gasteiger partial charge in [-0.3, -0.25) is 0 Å². The molecular formula is C8H4ClN3Se2. The zero-order chi connectivity index (χ0) is 9.10. The Morgan fingerprint density at radius 1 is 1.43 bits per heavy atom. The van der Waals surface area contributed by atoms with Crippen molar-refractivity contribution >= 4 is 25.7 Å². The molecule has 14 heavy (non-hydrogen) atoms. The number of hydrogen-bond donors (Lipinski definition) is 0. The van der Waals surface area contributed by atoms with Crippen LogP contribution < -0.4 is 12.4 Å². The summed E-state index contributed by atoms with van der Waals surface area (Å²) in [5, 5.41) is 8.69. The van der Waals surface area contributed by atoms with Gasteiger partial charge in [0.2, 0.25) is 0 Å². The Balaban J connectivity index is 0.000000980. The van der Waals surface area contributed by atoms with Gasteiger partial charge in [0.05, 0.1) is 0 Å². The van der Waals surface area contributed by atoms with E-state index < -0.39 is 0 Å². The Labute approximate surface area is 98.3 Å². The second-order valence-electron chi connectivity index (χ2n) is 2.35. The van der Waals surface area contributed by atoms with Crippen molar-refractivity contribution in [1.82, 2.24) is 7.96 Å². The van der Waals surface area contributed by atoms with Gasteiger partial charge in [-0.1, -0.05) is 0 Å². The maximum Gasteiger partial charge on any atom is -1.00 e. The minimum Gasteiger partial charge on any atom is -1.00 e. The zero-order valence-electron chi connectivity index (χ0n) is 6.85. The number of nitriles is 1. The second-order valence-corrected chi connectivity index (χ2v) is 6.99. The molecule has 3 nitrogen and oxygen atoms in total. The summed E-state index contributed by atoms with van der Waals surface area (Å²) in [6.07, 6.45) is 0. The van der Waals surface area contributed by atoms with Crippen LogP contribution in [0.1, 0.15) is 5.56 Å². The molecular weight excluding hydrogens is 331 g/mol. The van der Waals surface area contributed by atoms with Gasteiger partial charge in [-0.2, -0.15) is 0 Å². The molecule has 0 bridgehead atoms. The van der Waals surface area contributed by atoms with Crippen LogP contribution in [0.4, 0.5) is 0 Å². The van der Waals surface area contributed by atoms with Crippen LogP contribution in [0.3, 0.4) is 0 Å². The fourth-order valence-corrected chi connectivity index (χ4v) is 4.53. The molecule has 1 heterocycles. The molecule has 0 atom stereocenters. The van der Waals surface area contributed by atoms with Crippen molar-refractivity contribution in [3.63, 3.8) is 0 Å². The van der Waals surface area contributed by atoms with Crippen LogP contribution in [-0.2, 0) is 0 Å². The van der Waals surface area contributed by atoms with E-state index in [1.165, 1.54) is 0 Å². The smallest absolute Gasteiger partial charge is 1.00 e.